The van der Waals surface area contributed by atoms with Gasteiger partial charge in [-0.3, -0.25) is 0 Å². The molecule has 6 heteroatoms. The maximum atomic E-state index is 4.58. The van der Waals surface area contributed by atoms with Crippen LogP contribution in [0.25, 0.3) is 0 Å². The second-order valence-corrected chi connectivity index (χ2v) is 6.72. The highest BCUT2D eigenvalue weighted by atomic mass is 32.2. The third-order valence-electron chi connectivity index (χ3n) is 3.19. The lowest BCUT2D eigenvalue weighted by atomic mass is 10.2. The standard InChI is InChI=1S/C16H12N4S2/c1-2-6-11(7-3-1)10-21-16-18-14-15(19-20-16)22-13-9-5-4-8-12(13)17-14/h1-9H,10H2,(H,17,18,20). The van der Waals surface area contributed by atoms with Crippen molar-refractivity contribution in [3.8, 4) is 0 Å². The van der Waals surface area contributed by atoms with Crippen LogP contribution >= 0.6 is 23.5 Å². The number of anilines is 2. The van der Waals surface area contributed by atoms with Gasteiger partial charge in [-0.1, -0.05) is 66.0 Å². The second kappa shape index (κ2) is 5.98. The zero-order chi connectivity index (χ0) is 14.8. The summed E-state index contributed by atoms with van der Waals surface area (Å²) in [5.41, 5.74) is 2.32. The largest absolute Gasteiger partial charge is 0.337 e. The molecule has 1 aliphatic rings. The van der Waals surface area contributed by atoms with Crippen LogP contribution in [0.2, 0.25) is 0 Å². The van der Waals surface area contributed by atoms with E-state index in [1.165, 1.54) is 5.56 Å². The van der Waals surface area contributed by atoms with E-state index in [4.69, 9.17) is 0 Å². The van der Waals surface area contributed by atoms with Crippen molar-refractivity contribution in [2.75, 3.05) is 5.32 Å². The van der Waals surface area contributed by atoms with Gasteiger partial charge in [0, 0.05) is 10.6 Å². The molecule has 0 radical (unpaired) electrons. The zero-order valence-electron chi connectivity index (χ0n) is 11.6. The fourth-order valence-electron chi connectivity index (χ4n) is 2.13. The van der Waals surface area contributed by atoms with Gasteiger partial charge in [-0.05, 0) is 17.7 Å². The van der Waals surface area contributed by atoms with Crippen LogP contribution in [0.3, 0.4) is 0 Å². The summed E-state index contributed by atoms with van der Waals surface area (Å²) in [5, 5.41) is 13.4. The number of para-hydroxylation sites is 1. The Hall–Kier alpha value is -2.05. The molecule has 0 bridgehead atoms. The summed E-state index contributed by atoms with van der Waals surface area (Å²) in [7, 11) is 0. The van der Waals surface area contributed by atoms with Crippen molar-refractivity contribution in [2.24, 2.45) is 0 Å². The number of nitrogens with one attached hydrogen (secondary N) is 1. The first-order valence-corrected chi connectivity index (χ1v) is 8.64. The Morgan fingerprint density at radius 1 is 0.955 bits per heavy atom. The normalized spacial score (nSPS) is 12.2. The van der Waals surface area contributed by atoms with Gasteiger partial charge < -0.3 is 5.32 Å². The molecule has 0 saturated carbocycles. The lowest BCUT2D eigenvalue weighted by molar-refractivity contribution is 0.782. The van der Waals surface area contributed by atoms with Crippen molar-refractivity contribution < 1.29 is 0 Å². The molecule has 2 aromatic carbocycles. The summed E-state index contributed by atoms with van der Waals surface area (Å²) in [5.74, 6) is 1.62. The van der Waals surface area contributed by atoms with Crippen LogP contribution in [-0.2, 0) is 5.75 Å². The molecule has 0 spiro atoms. The molecule has 0 aliphatic carbocycles. The molecule has 0 atom stereocenters. The number of rotatable bonds is 3. The monoisotopic (exact) mass is 324 g/mol. The third kappa shape index (κ3) is 2.80. The maximum Gasteiger partial charge on any atom is 0.211 e. The zero-order valence-corrected chi connectivity index (χ0v) is 13.2. The molecule has 4 rings (SSSR count). The van der Waals surface area contributed by atoms with Gasteiger partial charge in [0.1, 0.15) is 0 Å². The van der Waals surface area contributed by atoms with Crippen molar-refractivity contribution in [2.45, 2.75) is 20.8 Å². The highest BCUT2D eigenvalue weighted by Gasteiger charge is 2.19. The maximum absolute atomic E-state index is 4.58. The van der Waals surface area contributed by atoms with Gasteiger partial charge in [0.15, 0.2) is 10.8 Å². The van der Waals surface area contributed by atoms with Crippen LogP contribution in [0.15, 0.2) is 69.7 Å². The predicted octanol–water partition coefficient (Wildman–Crippen LogP) is 4.37. The van der Waals surface area contributed by atoms with Crippen LogP contribution in [0.5, 0.6) is 0 Å². The van der Waals surface area contributed by atoms with Crippen molar-refractivity contribution in [1.82, 2.24) is 15.2 Å². The second-order valence-electron chi connectivity index (χ2n) is 4.75. The Morgan fingerprint density at radius 2 is 1.77 bits per heavy atom. The molecular formula is C16H12N4S2. The number of aromatic nitrogens is 3. The summed E-state index contributed by atoms with van der Waals surface area (Å²) in [6.07, 6.45) is 0. The molecule has 2 heterocycles. The van der Waals surface area contributed by atoms with E-state index in [-0.39, 0.29) is 0 Å². The van der Waals surface area contributed by atoms with E-state index in [2.05, 4.69) is 38.7 Å². The van der Waals surface area contributed by atoms with Crippen molar-refractivity contribution in [1.29, 1.82) is 0 Å². The van der Waals surface area contributed by atoms with Crippen LogP contribution in [0.1, 0.15) is 5.56 Å². The minimum Gasteiger partial charge on any atom is -0.337 e. The van der Waals surface area contributed by atoms with E-state index in [1.54, 1.807) is 23.5 Å². The van der Waals surface area contributed by atoms with E-state index in [0.717, 1.165) is 27.2 Å². The van der Waals surface area contributed by atoms with Gasteiger partial charge in [-0.25, -0.2) is 4.98 Å². The molecule has 0 amide bonds. The Bertz CT molecular complexity index is 808. The number of fused-ring (bicyclic) bond motifs is 2. The molecule has 0 saturated heterocycles. The summed E-state index contributed by atoms with van der Waals surface area (Å²) in [6.45, 7) is 0. The number of thioether (sulfide) groups is 1. The lowest BCUT2D eigenvalue weighted by Gasteiger charge is -2.18. The van der Waals surface area contributed by atoms with E-state index in [9.17, 15) is 0 Å². The van der Waals surface area contributed by atoms with Gasteiger partial charge in [-0.2, -0.15) is 0 Å². The fraction of sp³-hybridized carbons (Fsp3) is 0.0625. The van der Waals surface area contributed by atoms with E-state index < -0.39 is 0 Å². The molecule has 1 aliphatic heterocycles. The van der Waals surface area contributed by atoms with Gasteiger partial charge >= 0.3 is 0 Å². The van der Waals surface area contributed by atoms with Crippen molar-refractivity contribution >= 4 is 35.0 Å². The first-order valence-electron chi connectivity index (χ1n) is 6.84. The molecule has 22 heavy (non-hydrogen) atoms. The average Bonchev–Trinajstić information content (AvgIpc) is 2.59. The van der Waals surface area contributed by atoms with Crippen LogP contribution in [-0.4, -0.2) is 15.2 Å². The highest BCUT2D eigenvalue weighted by Crippen LogP contribution is 2.41. The number of benzene rings is 2. The third-order valence-corrected chi connectivity index (χ3v) is 5.15. The summed E-state index contributed by atoms with van der Waals surface area (Å²) in [4.78, 5) is 5.73. The first-order chi connectivity index (χ1) is 10.9. The first kappa shape index (κ1) is 13.6. The topological polar surface area (TPSA) is 50.7 Å². The van der Waals surface area contributed by atoms with Crippen LogP contribution < -0.4 is 5.32 Å². The van der Waals surface area contributed by atoms with E-state index in [1.807, 2.05) is 36.4 Å². The molecule has 0 fully saturated rings. The van der Waals surface area contributed by atoms with Gasteiger partial charge in [-0.15, -0.1) is 10.2 Å². The van der Waals surface area contributed by atoms with Crippen LogP contribution in [0.4, 0.5) is 11.5 Å². The Labute approximate surface area is 136 Å². The van der Waals surface area contributed by atoms with Crippen molar-refractivity contribution in [3.05, 3.63) is 60.2 Å². The molecular weight excluding hydrogens is 312 g/mol. The molecule has 108 valence electrons. The smallest absolute Gasteiger partial charge is 0.211 e. The quantitative estimate of drug-likeness (QED) is 0.565. The molecule has 3 aromatic rings. The minimum absolute atomic E-state index is 0.690. The Morgan fingerprint density at radius 3 is 2.68 bits per heavy atom. The minimum atomic E-state index is 0.690. The Balaban J connectivity index is 1.53. The Kier molecular flexibility index (Phi) is 3.70. The highest BCUT2D eigenvalue weighted by molar-refractivity contribution is 7.99. The summed E-state index contributed by atoms with van der Waals surface area (Å²) < 4.78 is 0. The van der Waals surface area contributed by atoms with Gasteiger partial charge in [0.2, 0.25) is 5.16 Å². The molecule has 1 N–H and O–H groups in total. The van der Waals surface area contributed by atoms with Crippen LogP contribution in [0, 0.1) is 0 Å². The van der Waals surface area contributed by atoms with Gasteiger partial charge in [0.25, 0.3) is 0 Å². The predicted molar refractivity (Wildman–Crippen MR) is 89.7 cm³/mol. The average molecular weight is 324 g/mol. The van der Waals surface area contributed by atoms with Crippen molar-refractivity contribution in [3.63, 3.8) is 0 Å². The van der Waals surface area contributed by atoms with E-state index in [0.29, 0.717) is 5.16 Å². The molecule has 1 aromatic heterocycles. The number of hydrogen-bond donors (Lipinski definition) is 1. The fourth-order valence-corrected chi connectivity index (χ4v) is 3.73. The molecule has 4 nitrogen and oxygen atoms in total. The molecule has 0 unspecified atom stereocenters. The van der Waals surface area contributed by atoms with Gasteiger partial charge in [0.05, 0.1) is 5.69 Å². The summed E-state index contributed by atoms with van der Waals surface area (Å²) >= 11 is 3.19. The number of hydrogen-bond acceptors (Lipinski definition) is 6. The SMILES string of the molecule is c1ccc(CSc2nnc3c(n2)Nc2ccccc2S3)cc1. The number of nitrogens with zero attached hydrogens (tertiary/aromatic N) is 3. The van der Waals surface area contributed by atoms with E-state index >= 15 is 0 Å². The lowest BCUT2D eigenvalue weighted by Crippen LogP contribution is -2.06. The summed E-state index contributed by atoms with van der Waals surface area (Å²) in [6, 6.07) is 18.4.